The quantitative estimate of drug-likeness (QED) is 0.512. The number of rotatable bonds is 6. The Morgan fingerprint density at radius 2 is 1.72 bits per heavy atom. The lowest BCUT2D eigenvalue weighted by Gasteiger charge is -2.13. The third-order valence-corrected chi connectivity index (χ3v) is 4.43. The van der Waals surface area contributed by atoms with Gasteiger partial charge in [0, 0.05) is 0 Å². The second-order valence-electron chi connectivity index (χ2n) is 6.50. The van der Waals surface area contributed by atoms with Gasteiger partial charge in [-0.1, -0.05) is 42.5 Å². The molecule has 0 saturated heterocycles. The molecular formula is C23H20N2O4. The van der Waals surface area contributed by atoms with E-state index in [9.17, 15) is 4.79 Å². The maximum atomic E-state index is 12.2. The van der Waals surface area contributed by atoms with Crippen LogP contribution >= 0.6 is 0 Å². The predicted octanol–water partition coefficient (Wildman–Crippen LogP) is 4.00. The van der Waals surface area contributed by atoms with Gasteiger partial charge in [0.1, 0.15) is 5.75 Å². The number of nitrogens with zero attached hydrogens (tertiary/aromatic N) is 1. The molecule has 1 amide bonds. The zero-order valence-corrected chi connectivity index (χ0v) is 15.9. The van der Waals surface area contributed by atoms with Crippen molar-refractivity contribution in [3.63, 3.8) is 0 Å². The van der Waals surface area contributed by atoms with Gasteiger partial charge in [0.25, 0.3) is 5.91 Å². The van der Waals surface area contributed by atoms with Crippen LogP contribution in [-0.4, -0.2) is 25.0 Å². The first-order chi connectivity index (χ1) is 14.2. The van der Waals surface area contributed by atoms with Crippen LogP contribution in [0.15, 0.2) is 77.9 Å². The zero-order valence-electron chi connectivity index (χ0n) is 15.9. The fraction of sp³-hybridized carbons (Fsp3) is 0.130. The van der Waals surface area contributed by atoms with E-state index in [-0.39, 0.29) is 12.7 Å². The van der Waals surface area contributed by atoms with Crippen molar-refractivity contribution in [2.75, 3.05) is 6.79 Å². The van der Waals surface area contributed by atoms with Gasteiger partial charge in [-0.15, -0.1) is 0 Å². The Balaban J connectivity index is 1.31. The van der Waals surface area contributed by atoms with E-state index >= 15 is 0 Å². The summed E-state index contributed by atoms with van der Waals surface area (Å²) in [6.07, 6.45) is 0.854. The summed E-state index contributed by atoms with van der Waals surface area (Å²) in [5.74, 6) is 1.64. The summed E-state index contributed by atoms with van der Waals surface area (Å²) in [6, 6.07) is 23.1. The Hall–Kier alpha value is -3.80. The number of hydrazone groups is 1. The molecule has 3 aromatic carbocycles. The number of hydrogen-bond donors (Lipinski definition) is 1. The van der Waals surface area contributed by atoms with Crippen LogP contribution < -0.4 is 19.6 Å². The molecule has 1 aliphatic rings. The van der Waals surface area contributed by atoms with Crippen molar-refractivity contribution >= 4 is 12.1 Å². The van der Waals surface area contributed by atoms with E-state index in [0.29, 0.717) is 17.2 Å². The molecule has 146 valence electrons. The molecule has 1 aliphatic heterocycles. The Bertz CT molecular complexity index is 1020. The molecule has 0 spiro atoms. The number of fused-ring (bicyclic) bond motifs is 1. The maximum Gasteiger partial charge on any atom is 0.280 e. The highest BCUT2D eigenvalue weighted by Crippen LogP contribution is 2.32. The standard InChI is InChI=1S/C23H20N2O4/c1-16(29-20-10-8-19(9-11-20)18-5-3-2-4-6-18)23(26)25-24-14-17-7-12-21-22(13-17)28-15-27-21/h2-14,16H,15H2,1H3,(H,25,26)/b24-14+. The summed E-state index contributed by atoms with van der Waals surface area (Å²) < 4.78 is 16.3. The number of ether oxygens (including phenoxy) is 3. The van der Waals surface area contributed by atoms with Gasteiger partial charge in [-0.3, -0.25) is 4.79 Å². The van der Waals surface area contributed by atoms with Gasteiger partial charge in [-0.05, 0) is 53.9 Å². The Morgan fingerprint density at radius 1 is 1.00 bits per heavy atom. The summed E-state index contributed by atoms with van der Waals surface area (Å²) in [5.41, 5.74) is 5.49. The van der Waals surface area contributed by atoms with Gasteiger partial charge in [0.2, 0.25) is 6.79 Å². The van der Waals surface area contributed by atoms with Crippen LogP contribution in [0.4, 0.5) is 0 Å². The zero-order chi connectivity index (χ0) is 20.1. The van der Waals surface area contributed by atoms with Crippen molar-refractivity contribution in [3.05, 3.63) is 78.4 Å². The summed E-state index contributed by atoms with van der Waals surface area (Å²) in [6.45, 7) is 1.89. The smallest absolute Gasteiger partial charge is 0.280 e. The minimum absolute atomic E-state index is 0.216. The Morgan fingerprint density at radius 3 is 2.52 bits per heavy atom. The molecule has 1 atom stereocenters. The SMILES string of the molecule is CC(Oc1ccc(-c2ccccc2)cc1)C(=O)N/N=C/c1ccc2c(c1)OCO2. The first kappa shape index (κ1) is 18.6. The predicted molar refractivity (Wildman–Crippen MR) is 110 cm³/mol. The van der Waals surface area contributed by atoms with Crippen LogP contribution in [0.25, 0.3) is 11.1 Å². The van der Waals surface area contributed by atoms with Crippen LogP contribution in [0.5, 0.6) is 17.2 Å². The topological polar surface area (TPSA) is 69.2 Å². The molecule has 1 unspecified atom stereocenters. The first-order valence-corrected chi connectivity index (χ1v) is 9.24. The second-order valence-corrected chi connectivity index (χ2v) is 6.50. The third-order valence-electron chi connectivity index (χ3n) is 4.43. The average molecular weight is 388 g/mol. The van der Waals surface area contributed by atoms with E-state index < -0.39 is 6.10 Å². The molecule has 0 bridgehead atoms. The van der Waals surface area contributed by atoms with Gasteiger partial charge in [0.05, 0.1) is 6.21 Å². The molecule has 0 radical (unpaired) electrons. The van der Waals surface area contributed by atoms with Crippen molar-refractivity contribution in [2.45, 2.75) is 13.0 Å². The Kier molecular flexibility index (Phi) is 5.42. The van der Waals surface area contributed by atoms with E-state index in [1.807, 2.05) is 60.7 Å². The fourth-order valence-electron chi connectivity index (χ4n) is 2.87. The molecule has 0 aromatic heterocycles. The highest BCUT2D eigenvalue weighted by atomic mass is 16.7. The molecule has 0 aliphatic carbocycles. The highest BCUT2D eigenvalue weighted by molar-refractivity contribution is 5.85. The summed E-state index contributed by atoms with van der Waals surface area (Å²) in [5, 5.41) is 3.98. The maximum absolute atomic E-state index is 12.2. The lowest BCUT2D eigenvalue weighted by Crippen LogP contribution is -2.33. The molecule has 29 heavy (non-hydrogen) atoms. The fourth-order valence-corrected chi connectivity index (χ4v) is 2.87. The van der Waals surface area contributed by atoms with Crippen molar-refractivity contribution in [2.24, 2.45) is 5.10 Å². The lowest BCUT2D eigenvalue weighted by molar-refractivity contribution is -0.127. The van der Waals surface area contributed by atoms with Crippen LogP contribution in [0, 0.1) is 0 Å². The first-order valence-electron chi connectivity index (χ1n) is 9.24. The van der Waals surface area contributed by atoms with E-state index in [1.54, 1.807) is 25.3 Å². The van der Waals surface area contributed by atoms with Gasteiger partial charge in [0.15, 0.2) is 17.6 Å². The third kappa shape index (κ3) is 4.55. The molecule has 3 aromatic rings. The number of benzene rings is 3. The minimum atomic E-state index is -0.688. The Labute approximate surface area is 168 Å². The van der Waals surface area contributed by atoms with Gasteiger partial charge < -0.3 is 14.2 Å². The summed E-state index contributed by atoms with van der Waals surface area (Å²) in [4.78, 5) is 12.2. The van der Waals surface area contributed by atoms with Gasteiger partial charge in [-0.25, -0.2) is 5.43 Å². The number of carbonyl (C=O) groups is 1. The molecule has 1 heterocycles. The minimum Gasteiger partial charge on any atom is -0.481 e. The number of hydrogen-bond acceptors (Lipinski definition) is 5. The van der Waals surface area contributed by atoms with E-state index in [1.165, 1.54) is 0 Å². The highest BCUT2D eigenvalue weighted by Gasteiger charge is 2.15. The van der Waals surface area contributed by atoms with Crippen molar-refractivity contribution in [1.82, 2.24) is 5.43 Å². The largest absolute Gasteiger partial charge is 0.481 e. The van der Waals surface area contributed by atoms with Crippen LogP contribution in [0.2, 0.25) is 0 Å². The molecule has 4 rings (SSSR count). The normalized spacial score (nSPS) is 13.3. The second kappa shape index (κ2) is 8.48. The van der Waals surface area contributed by atoms with E-state index in [4.69, 9.17) is 14.2 Å². The molecule has 6 nitrogen and oxygen atoms in total. The summed E-state index contributed by atoms with van der Waals surface area (Å²) in [7, 11) is 0. The summed E-state index contributed by atoms with van der Waals surface area (Å²) >= 11 is 0. The molecule has 0 fully saturated rings. The van der Waals surface area contributed by atoms with E-state index in [2.05, 4.69) is 10.5 Å². The number of amides is 1. The number of nitrogens with one attached hydrogen (secondary N) is 1. The molecule has 6 heteroatoms. The average Bonchev–Trinajstić information content (AvgIpc) is 3.23. The van der Waals surface area contributed by atoms with Crippen molar-refractivity contribution in [3.8, 4) is 28.4 Å². The number of carbonyl (C=O) groups excluding carboxylic acids is 1. The van der Waals surface area contributed by atoms with E-state index in [0.717, 1.165) is 16.7 Å². The molecule has 0 saturated carbocycles. The van der Waals surface area contributed by atoms with Crippen molar-refractivity contribution in [1.29, 1.82) is 0 Å². The van der Waals surface area contributed by atoms with Crippen LogP contribution in [-0.2, 0) is 4.79 Å². The van der Waals surface area contributed by atoms with Crippen LogP contribution in [0.3, 0.4) is 0 Å². The van der Waals surface area contributed by atoms with Gasteiger partial charge >= 0.3 is 0 Å². The lowest BCUT2D eigenvalue weighted by atomic mass is 10.1. The van der Waals surface area contributed by atoms with Crippen LogP contribution in [0.1, 0.15) is 12.5 Å². The van der Waals surface area contributed by atoms with Gasteiger partial charge in [-0.2, -0.15) is 5.10 Å². The molecular weight excluding hydrogens is 368 g/mol. The monoisotopic (exact) mass is 388 g/mol. The molecule has 1 N–H and O–H groups in total. The van der Waals surface area contributed by atoms with Crippen molar-refractivity contribution < 1.29 is 19.0 Å².